The van der Waals surface area contributed by atoms with Crippen molar-refractivity contribution in [1.82, 2.24) is 10.1 Å². The summed E-state index contributed by atoms with van der Waals surface area (Å²) in [7, 11) is 0. The highest BCUT2D eigenvalue weighted by atomic mass is 32.1. The van der Waals surface area contributed by atoms with Gasteiger partial charge in [0.05, 0.1) is 6.42 Å². The molecule has 2 rings (SSSR count). The van der Waals surface area contributed by atoms with Crippen molar-refractivity contribution in [2.45, 2.75) is 25.9 Å². The summed E-state index contributed by atoms with van der Waals surface area (Å²) in [5.41, 5.74) is 1.15. The Kier molecular flexibility index (Phi) is 3.13. The maximum Gasteiger partial charge on any atom is 0.231 e. The summed E-state index contributed by atoms with van der Waals surface area (Å²) in [4.78, 5) is 4.13. The molecule has 2 heterocycles. The van der Waals surface area contributed by atoms with Gasteiger partial charge in [-0.2, -0.15) is 16.3 Å². The Hall–Kier alpha value is -1.20. The van der Waals surface area contributed by atoms with Crippen LogP contribution in [0.2, 0.25) is 0 Å². The van der Waals surface area contributed by atoms with E-state index in [0.29, 0.717) is 24.6 Å². The second kappa shape index (κ2) is 4.55. The summed E-state index contributed by atoms with van der Waals surface area (Å²) in [6.07, 6.45) is 0.606. The number of aliphatic hydroxyl groups excluding tert-OH is 1. The summed E-state index contributed by atoms with van der Waals surface area (Å²) in [6, 6.07) is 2.02. The van der Waals surface area contributed by atoms with Crippen molar-refractivity contribution in [2.75, 3.05) is 0 Å². The lowest BCUT2D eigenvalue weighted by molar-refractivity contribution is 0.159. The molecule has 0 aliphatic heterocycles. The van der Waals surface area contributed by atoms with Gasteiger partial charge in [-0.3, -0.25) is 0 Å². The number of aromatic nitrogens is 2. The van der Waals surface area contributed by atoms with Crippen LogP contribution in [0.15, 0.2) is 21.3 Å². The van der Waals surface area contributed by atoms with E-state index in [0.717, 1.165) is 5.56 Å². The molecule has 5 heteroatoms. The molecule has 0 amide bonds. The zero-order valence-electron chi connectivity index (χ0n) is 8.38. The van der Waals surface area contributed by atoms with Gasteiger partial charge < -0.3 is 9.63 Å². The summed E-state index contributed by atoms with van der Waals surface area (Å²) in [6.45, 7) is 1.87. The van der Waals surface area contributed by atoms with E-state index in [9.17, 15) is 5.11 Å². The Labute approximate surface area is 91.6 Å². The van der Waals surface area contributed by atoms with Gasteiger partial charge in [0.25, 0.3) is 0 Å². The number of hydrogen-bond acceptors (Lipinski definition) is 5. The van der Waals surface area contributed by atoms with Crippen LogP contribution in [0.5, 0.6) is 0 Å². The molecule has 2 aromatic rings. The molecule has 0 bridgehead atoms. The topological polar surface area (TPSA) is 59.2 Å². The van der Waals surface area contributed by atoms with Crippen LogP contribution in [0.1, 0.15) is 36.7 Å². The maximum atomic E-state index is 9.49. The van der Waals surface area contributed by atoms with E-state index >= 15 is 0 Å². The van der Waals surface area contributed by atoms with Crippen LogP contribution in [-0.4, -0.2) is 15.2 Å². The predicted octanol–water partition coefficient (Wildman–Crippen LogP) is 2.17. The standard InChI is InChI=1S/C10H12N2O2S/c1-2-8(13)10-11-9(14-12-10)5-7-3-4-15-6-7/h3-4,6,8,13H,2,5H2,1H3. The molecule has 0 fully saturated rings. The molecule has 0 spiro atoms. The number of aliphatic hydroxyl groups is 1. The molecule has 0 saturated heterocycles. The third-order valence-corrected chi connectivity index (χ3v) is 2.84. The lowest BCUT2D eigenvalue weighted by Gasteiger charge is -1.97. The van der Waals surface area contributed by atoms with Crippen LogP contribution in [0, 0.1) is 0 Å². The third kappa shape index (κ3) is 2.43. The normalized spacial score (nSPS) is 12.9. The zero-order valence-corrected chi connectivity index (χ0v) is 9.20. The summed E-state index contributed by atoms with van der Waals surface area (Å²) < 4.78 is 5.04. The van der Waals surface area contributed by atoms with Gasteiger partial charge in [0.1, 0.15) is 6.10 Å². The van der Waals surface area contributed by atoms with Gasteiger partial charge in [-0.15, -0.1) is 0 Å². The van der Waals surface area contributed by atoms with Gasteiger partial charge in [0, 0.05) is 0 Å². The molecular formula is C10H12N2O2S. The van der Waals surface area contributed by atoms with Crippen LogP contribution < -0.4 is 0 Å². The molecular weight excluding hydrogens is 212 g/mol. The molecule has 4 nitrogen and oxygen atoms in total. The molecule has 0 radical (unpaired) electrons. The Morgan fingerprint density at radius 2 is 2.47 bits per heavy atom. The molecule has 1 N–H and O–H groups in total. The van der Waals surface area contributed by atoms with Crippen molar-refractivity contribution in [2.24, 2.45) is 0 Å². The van der Waals surface area contributed by atoms with Crippen molar-refractivity contribution < 1.29 is 9.63 Å². The van der Waals surface area contributed by atoms with E-state index in [2.05, 4.69) is 10.1 Å². The van der Waals surface area contributed by atoms with Gasteiger partial charge in [-0.05, 0) is 28.8 Å². The van der Waals surface area contributed by atoms with Gasteiger partial charge in [-0.1, -0.05) is 12.1 Å². The van der Waals surface area contributed by atoms with Crippen LogP contribution in [-0.2, 0) is 6.42 Å². The molecule has 80 valence electrons. The molecule has 0 aromatic carbocycles. The maximum absolute atomic E-state index is 9.49. The number of hydrogen-bond donors (Lipinski definition) is 1. The quantitative estimate of drug-likeness (QED) is 0.864. The lowest BCUT2D eigenvalue weighted by Crippen LogP contribution is -1.97. The molecule has 0 saturated carbocycles. The van der Waals surface area contributed by atoms with Crippen LogP contribution in [0.3, 0.4) is 0 Å². The number of thiophene rings is 1. The van der Waals surface area contributed by atoms with E-state index in [1.165, 1.54) is 0 Å². The van der Waals surface area contributed by atoms with E-state index < -0.39 is 6.10 Å². The van der Waals surface area contributed by atoms with Crippen LogP contribution >= 0.6 is 11.3 Å². The van der Waals surface area contributed by atoms with Gasteiger partial charge in [0.2, 0.25) is 5.89 Å². The monoisotopic (exact) mass is 224 g/mol. The molecule has 0 aliphatic rings. The minimum absolute atomic E-state index is 0.378. The minimum Gasteiger partial charge on any atom is -0.385 e. The minimum atomic E-state index is -0.620. The summed E-state index contributed by atoms with van der Waals surface area (Å²) >= 11 is 1.64. The highest BCUT2D eigenvalue weighted by Crippen LogP contribution is 2.15. The second-order valence-electron chi connectivity index (χ2n) is 3.28. The summed E-state index contributed by atoms with van der Waals surface area (Å²) in [5.74, 6) is 0.929. The van der Waals surface area contributed by atoms with Gasteiger partial charge in [0.15, 0.2) is 5.82 Å². The largest absolute Gasteiger partial charge is 0.385 e. The summed E-state index contributed by atoms with van der Waals surface area (Å²) in [5, 5.41) is 17.3. The first-order chi connectivity index (χ1) is 7.29. The van der Waals surface area contributed by atoms with Crippen molar-refractivity contribution in [3.05, 3.63) is 34.1 Å². The molecule has 0 aliphatic carbocycles. The highest BCUT2D eigenvalue weighted by molar-refractivity contribution is 7.07. The third-order valence-electron chi connectivity index (χ3n) is 2.10. The molecule has 1 atom stereocenters. The first-order valence-corrected chi connectivity index (χ1v) is 5.75. The van der Waals surface area contributed by atoms with Crippen molar-refractivity contribution in [1.29, 1.82) is 0 Å². The second-order valence-corrected chi connectivity index (χ2v) is 4.06. The van der Waals surface area contributed by atoms with Crippen LogP contribution in [0.4, 0.5) is 0 Å². The smallest absolute Gasteiger partial charge is 0.231 e. The first-order valence-electron chi connectivity index (χ1n) is 4.81. The average Bonchev–Trinajstić information content (AvgIpc) is 2.88. The predicted molar refractivity (Wildman–Crippen MR) is 56.7 cm³/mol. The van der Waals surface area contributed by atoms with E-state index in [1.54, 1.807) is 11.3 Å². The van der Waals surface area contributed by atoms with Crippen molar-refractivity contribution >= 4 is 11.3 Å². The molecule has 15 heavy (non-hydrogen) atoms. The molecule has 1 unspecified atom stereocenters. The zero-order chi connectivity index (χ0) is 10.7. The van der Waals surface area contributed by atoms with Crippen molar-refractivity contribution in [3.8, 4) is 0 Å². The molecule has 2 aromatic heterocycles. The average molecular weight is 224 g/mol. The van der Waals surface area contributed by atoms with Gasteiger partial charge in [-0.25, -0.2) is 0 Å². The lowest BCUT2D eigenvalue weighted by atomic mass is 10.2. The van der Waals surface area contributed by atoms with E-state index in [1.807, 2.05) is 23.8 Å². The Balaban J connectivity index is 2.07. The van der Waals surface area contributed by atoms with E-state index in [4.69, 9.17) is 4.52 Å². The highest BCUT2D eigenvalue weighted by Gasteiger charge is 2.13. The number of nitrogens with zero attached hydrogens (tertiary/aromatic N) is 2. The Bertz CT molecular complexity index is 411. The fourth-order valence-electron chi connectivity index (χ4n) is 1.23. The number of rotatable bonds is 4. The van der Waals surface area contributed by atoms with Gasteiger partial charge >= 0.3 is 0 Å². The van der Waals surface area contributed by atoms with Crippen molar-refractivity contribution in [3.63, 3.8) is 0 Å². The SMILES string of the molecule is CCC(O)c1noc(Cc2ccsc2)n1. The fourth-order valence-corrected chi connectivity index (χ4v) is 1.89. The Morgan fingerprint density at radius 1 is 1.60 bits per heavy atom. The first kappa shape index (κ1) is 10.3. The fraction of sp³-hybridized carbons (Fsp3) is 0.400. The van der Waals surface area contributed by atoms with Crippen LogP contribution in [0.25, 0.3) is 0 Å². The van der Waals surface area contributed by atoms with E-state index in [-0.39, 0.29) is 0 Å². The Morgan fingerprint density at radius 3 is 3.13 bits per heavy atom.